The number of aromatic nitrogens is 2. The maximum Gasteiger partial charge on any atom is 0.123 e. The normalized spacial score (nSPS) is 10.7. The minimum absolute atomic E-state index is 0.693. The topological polar surface area (TPSA) is 39.1 Å². The molecule has 0 aliphatic heterocycles. The van der Waals surface area contributed by atoms with Crippen molar-refractivity contribution < 1.29 is 4.74 Å². The van der Waals surface area contributed by atoms with Gasteiger partial charge in [-0.2, -0.15) is 5.10 Å². The summed E-state index contributed by atoms with van der Waals surface area (Å²) in [5.41, 5.74) is 3.50. The molecule has 19 heavy (non-hydrogen) atoms. The second-order valence-electron chi connectivity index (χ2n) is 4.56. The lowest BCUT2D eigenvalue weighted by atomic mass is 10.2. The van der Waals surface area contributed by atoms with Crippen LogP contribution in [0.25, 0.3) is 0 Å². The fourth-order valence-corrected chi connectivity index (χ4v) is 2.10. The first-order chi connectivity index (χ1) is 9.20. The van der Waals surface area contributed by atoms with E-state index in [2.05, 4.69) is 22.7 Å². The lowest BCUT2D eigenvalue weighted by Crippen LogP contribution is -2.14. The molecule has 0 aliphatic carbocycles. The van der Waals surface area contributed by atoms with Gasteiger partial charge in [-0.3, -0.25) is 4.68 Å². The number of ether oxygens (including phenoxy) is 1. The molecule has 0 atom stereocenters. The molecule has 1 aromatic heterocycles. The maximum atomic E-state index is 5.61. The third-order valence-corrected chi connectivity index (χ3v) is 3.02. The number of para-hydroxylation sites is 1. The first-order valence-electron chi connectivity index (χ1n) is 6.61. The molecule has 0 saturated carbocycles. The minimum atomic E-state index is 0.693. The molecule has 0 radical (unpaired) electrons. The van der Waals surface area contributed by atoms with Gasteiger partial charge in [-0.1, -0.05) is 18.2 Å². The molecule has 1 aromatic carbocycles. The molecule has 1 N–H and O–H groups in total. The monoisotopic (exact) mass is 259 g/mol. The van der Waals surface area contributed by atoms with Gasteiger partial charge < -0.3 is 10.1 Å². The van der Waals surface area contributed by atoms with Crippen LogP contribution in [0.5, 0.6) is 5.75 Å². The summed E-state index contributed by atoms with van der Waals surface area (Å²) < 4.78 is 7.46. The van der Waals surface area contributed by atoms with Gasteiger partial charge in [0.1, 0.15) is 5.75 Å². The molecule has 4 heteroatoms. The van der Waals surface area contributed by atoms with Crippen LogP contribution in [0.4, 0.5) is 0 Å². The average Bonchev–Trinajstić information content (AvgIpc) is 2.70. The van der Waals surface area contributed by atoms with Crippen molar-refractivity contribution in [3.63, 3.8) is 0 Å². The van der Waals surface area contributed by atoms with Crippen LogP contribution < -0.4 is 10.1 Å². The molecular weight excluding hydrogens is 238 g/mol. The van der Waals surface area contributed by atoms with Crippen LogP contribution in [-0.4, -0.2) is 16.4 Å². The van der Waals surface area contributed by atoms with E-state index < -0.39 is 0 Å². The number of hydrogen-bond donors (Lipinski definition) is 1. The van der Waals surface area contributed by atoms with E-state index in [0.29, 0.717) is 6.61 Å². The van der Waals surface area contributed by atoms with Crippen molar-refractivity contribution in [3.05, 3.63) is 47.3 Å². The molecule has 0 saturated heterocycles. The van der Waals surface area contributed by atoms with Crippen LogP contribution in [0.15, 0.2) is 30.5 Å². The van der Waals surface area contributed by atoms with Crippen molar-refractivity contribution in [1.29, 1.82) is 0 Å². The van der Waals surface area contributed by atoms with Gasteiger partial charge in [0, 0.05) is 37.5 Å². The van der Waals surface area contributed by atoms with Gasteiger partial charge in [-0.25, -0.2) is 0 Å². The van der Waals surface area contributed by atoms with E-state index >= 15 is 0 Å². The molecule has 1 heterocycles. The quantitative estimate of drug-likeness (QED) is 0.866. The second kappa shape index (κ2) is 6.38. The highest BCUT2D eigenvalue weighted by molar-refractivity contribution is 5.33. The lowest BCUT2D eigenvalue weighted by molar-refractivity contribution is 0.335. The van der Waals surface area contributed by atoms with Crippen molar-refractivity contribution in [2.24, 2.45) is 7.05 Å². The zero-order valence-corrected chi connectivity index (χ0v) is 11.8. The Morgan fingerprint density at radius 1 is 1.21 bits per heavy atom. The largest absolute Gasteiger partial charge is 0.494 e. The highest BCUT2D eigenvalue weighted by atomic mass is 16.5. The smallest absolute Gasteiger partial charge is 0.123 e. The van der Waals surface area contributed by atoms with Crippen LogP contribution in [-0.2, 0) is 20.1 Å². The second-order valence-corrected chi connectivity index (χ2v) is 4.56. The van der Waals surface area contributed by atoms with Crippen LogP contribution in [0.3, 0.4) is 0 Å². The van der Waals surface area contributed by atoms with E-state index in [0.717, 1.165) is 24.5 Å². The molecule has 0 unspecified atom stereocenters. The van der Waals surface area contributed by atoms with E-state index in [4.69, 9.17) is 4.74 Å². The van der Waals surface area contributed by atoms with E-state index in [1.54, 1.807) is 0 Å². The number of rotatable bonds is 6. The Balaban J connectivity index is 1.94. The van der Waals surface area contributed by atoms with Crippen molar-refractivity contribution in [2.45, 2.75) is 26.9 Å². The molecule has 4 nitrogen and oxygen atoms in total. The number of nitrogens with one attached hydrogen (secondary N) is 1. The van der Waals surface area contributed by atoms with Gasteiger partial charge in [0.15, 0.2) is 0 Å². The Hall–Kier alpha value is -1.81. The predicted octanol–water partition coefficient (Wildman–Crippen LogP) is 2.42. The number of aryl methyl sites for hydroxylation is 2. The molecular formula is C15H21N3O. The van der Waals surface area contributed by atoms with Crippen molar-refractivity contribution >= 4 is 0 Å². The fourth-order valence-electron chi connectivity index (χ4n) is 2.10. The Morgan fingerprint density at radius 3 is 2.63 bits per heavy atom. The first kappa shape index (κ1) is 13.6. The molecule has 0 spiro atoms. The molecule has 2 rings (SSSR count). The highest BCUT2D eigenvalue weighted by Gasteiger charge is 2.04. The molecule has 0 amide bonds. The predicted molar refractivity (Wildman–Crippen MR) is 76.1 cm³/mol. The highest BCUT2D eigenvalue weighted by Crippen LogP contribution is 2.17. The standard InChI is InChI=1S/C15H21N3O/c1-4-19-15-8-6-5-7-13(15)9-16-10-14-11-18(3)17-12(14)2/h5-8,11,16H,4,9-10H2,1-3H3. The van der Waals surface area contributed by atoms with Gasteiger partial charge in [0.2, 0.25) is 0 Å². The molecule has 102 valence electrons. The number of benzene rings is 1. The zero-order valence-electron chi connectivity index (χ0n) is 11.8. The van der Waals surface area contributed by atoms with Crippen molar-refractivity contribution in [1.82, 2.24) is 15.1 Å². The van der Waals surface area contributed by atoms with Crippen LogP contribution in [0, 0.1) is 6.92 Å². The Morgan fingerprint density at radius 2 is 1.95 bits per heavy atom. The summed E-state index contributed by atoms with van der Waals surface area (Å²) >= 11 is 0. The van der Waals surface area contributed by atoms with Crippen LogP contribution in [0.2, 0.25) is 0 Å². The Kier molecular flexibility index (Phi) is 4.58. The summed E-state index contributed by atoms with van der Waals surface area (Å²) in [7, 11) is 1.95. The zero-order chi connectivity index (χ0) is 13.7. The fraction of sp³-hybridized carbons (Fsp3) is 0.400. The van der Waals surface area contributed by atoms with Gasteiger partial charge in [-0.05, 0) is 19.9 Å². The average molecular weight is 259 g/mol. The molecule has 0 aliphatic rings. The van der Waals surface area contributed by atoms with Gasteiger partial charge in [0.25, 0.3) is 0 Å². The van der Waals surface area contributed by atoms with Gasteiger partial charge in [0.05, 0.1) is 12.3 Å². The van der Waals surface area contributed by atoms with Crippen molar-refractivity contribution in [2.75, 3.05) is 6.61 Å². The van der Waals surface area contributed by atoms with Crippen LogP contribution >= 0.6 is 0 Å². The van der Waals surface area contributed by atoms with E-state index in [9.17, 15) is 0 Å². The summed E-state index contributed by atoms with van der Waals surface area (Å²) in [6.07, 6.45) is 2.05. The SMILES string of the molecule is CCOc1ccccc1CNCc1cn(C)nc1C. The maximum absolute atomic E-state index is 5.61. The van der Waals surface area contributed by atoms with Gasteiger partial charge in [-0.15, -0.1) is 0 Å². The first-order valence-corrected chi connectivity index (χ1v) is 6.61. The Bertz CT molecular complexity index is 534. The lowest BCUT2D eigenvalue weighted by Gasteiger charge is -2.10. The van der Waals surface area contributed by atoms with Crippen LogP contribution in [0.1, 0.15) is 23.7 Å². The summed E-state index contributed by atoms with van der Waals surface area (Å²) in [4.78, 5) is 0. The van der Waals surface area contributed by atoms with E-state index in [1.165, 1.54) is 11.1 Å². The van der Waals surface area contributed by atoms with E-state index in [-0.39, 0.29) is 0 Å². The molecule has 0 bridgehead atoms. The van der Waals surface area contributed by atoms with E-state index in [1.807, 2.05) is 43.8 Å². The number of nitrogens with zero attached hydrogens (tertiary/aromatic N) is 2. The summed E-state index contributed by atoms with van der Waals surface area (Å²) in [5, 5.41) is 7.77. The number of hydrogen-bond acceptors (Lipinski definition) is 3. The third-order valence-electron chi connectivity index (χ3n) is 3.02. The molecule has 0 fully saturated rings. The Labute approximate surface area is 114 Å². The summed E-state index contributed by atoms with van der Waals surface area (Å²) in [6, 6.07) is 8.14. The van der Waals surface area contributed by atoms with Gasteiger partial charge >= 0.3 is 0 Å². The third kappa shape index (κ3) is 3.58. The molecule has 2 aromatic rings. The van der Waals surface area contributed by atoms with Crippen molar-refractivity contribution in [3.8, 4) is 5.75 Å². The summed E-state index contributed by atoms with van der Waals surface area (Å²) in [6.45, 7) is 6.34. The minimum Gasteiger partial charge on any atom is -0.494 e. The summed E-state index contributed by atoms with van der Waals surface area (Å²) in [5.74, 6) is 0.959.